The summed E-state index contributed by atoms with van der Waals surface area (Å²) in [5.41, 5.74) is 8.62. The molecule has 4 nitrogen and oxygen atoms in total. The van der Waals surface area contributed by atoms with Gasteiger partial charge in [0.2, 0.25) is 5.96 Å². The summed E-state index contributed by atoms with van der Waals surface area (Å²) in [4.78, 5) is 5.65. The Hall–Kier alpha value is -6.27. The first-order valence-corrected chi connectivity index (χ1v) is 21.0. The Balaban J connectivity index is 1.16. The molecule has 274 valence electrons. The van der Waals surface area contributed by atoms with E-state index in [1.165, 1.54) is 58.7 Å². The van der Waals surface area contributed by atoms with E-state index >= 15 is 0 Å². The highest BCUT2D eigenvalue weighted by Gasteiger charge is 2.56. The number of thiophene rings is 1. The lowest BCUT2D eigenvalue weighted by Gasteiger charge is -2.44. The van der Waals surface area contributed by atoms with Crippen molar-refractivity contribution in [2.45, 2.75) is 30.1 Å². The van der Waals surface area contributed by atoms with Crippen molar-refractivity contribution in [3.63, 3.8) is 0 Å². The Kier molecular flexibility index (Phi) is 7.44. The molecule has 0 saturated carbocycles. The van der Waals surface area contributed by atoms with Crippen LogP contribution in [0.1, 0.15) is 52.5 Å². The monoisotopic (exact) mass is 752 g/mol. The first kappa shape index (κ1) is 32.9. The average Bonchev–Trinajstić information content (AvgIpc) is 3.94. The van der Waals surface area contributed by atoms with Gasteiger partial charge in [-0.15, -0.1) is 11.3 Å². The summed E-state index contributed by atoms with van der Waals surface area (Å²) < 4.78 is 5.09. The molecule has 0 spiro atoms. The fraction of sp³-hybridized carbons (Fsp3) is 0.135. The SMILES string of the molecule is C1=CCC(C2(c3ccccc3)c3c(ccc4c5ccccc5n(C5=NC(c6ccccc6)NC(c6cccc7c6sc6ccccc67)N5)c34)C3C=CC=CC32)C=C1. The van der Waals surface area contributed by atoms with E-state index < -0.39 is 0 Å². The molecule has 0 radical (unpaired) electrons. The van der Waals surface area contributed by atoms with Crippen LogP contribution in [0.5, 0.6) is 0 Å². The third-order valence-electron chi connectivity index (χ3n) is 13.0. The van der Waals surface area contributed by atoms with Crippen LogP contribution in [0, 0.1) is 11.8 Å². The van der Waals surface area contributed by atoms with Gasteiger partial charge in [-0.3, -0.25) is 9.88 Å². The molecule has 6 aromatic carbocycles. The van der Waals surface area contributed by atoms with E-state index in [0.717, 1.165) is 23.5 Å². The number of nitrogens with one attached hydrogen (secondary N) is 2. The second-order valence-corrected chi connectivity index (χ2v) is 16.9. The Morgan fingerprint density at radius 1 is 0.632 bits per heavy atom. The third kappa shape index (κ3) is 4.79. The predicted molar refractivity (Wildman–Crippen MR) is 238 cm³/mol. The standard InChI is InChI=1S/C52H40N4S/c1-4-17-33(18-5-1)49-53-50(42-27-16-26-41-38-25-12-15-30-45(38)57-48(41)42)55-51(54-49)56-44-29-14-11-24-37(44)40-32-31-39-36-23-10-13-28-43(36)52(46(39)47(40)56,34-19-6-2-7-20-34)35-21-8-3-9-22-35/h1-21,23-32,35-36,43,49-50,53H,22H2,(H,54,55). The maximum absolute atomic E-state index is 5.65. The summed E-state index contributed by atoms with van der Waals surface area (Å²) in [6, 6.07) is 51.4. The number of hydrogen-bond acceptors (Lipinski definition) is 4. The molecule has 57 heavy (non-hydrogen) atoms. The number of fused-ring (bicyclic) bond motifs is 10. The third-order valence-corrected chi connectivity index (χ3v) is 14.3. The Labute approximate surface area is 335 Å². The number of para-hydroxylation sites is 1. The first-order chi connectivity index (χ1) is 28.3. The van der Waals surface area contributed by atoms with E-state index in [1.807, 2.05) is 11.3 Å². The topological polar surface area (TPSA) is 41.4 Å². The number of hydrogen-bond donors (Lipinski definition) is 2. The second kappa shape index (κ2) is 12.9. The predicted octanol–water partition coefficient (Wildman–Crippen LogP) is 12.2. The summed E-state index contributed by atoms with van der Waals surface area (Å²) in [5, 5.41) is 13.1. The van der Waals surface area contributed by atoms with E-state index in [4.69, 9.17) is 4.99 Å². The minimum atomic E-state index is -0.330. The number of aliphatic imine (C=N–C) groups is 1. The molecule has 5 heteroatoms. The average molecular weight is 753 g/mol. The van der Waals surface area contributed by atoms with Crippen LogP contribution in [-0.2, 0) is 5.41 Å². The highest BCUT2D eigenvalue weighted by molar-refractivity contribution is 7.26. The summed E-state index contributed by atoms with van der Waals surface area (Å²) in [6.07, 6.45) is 19.3. The fourth-order valence-electron chi connectivity index (χ4n) is 10.7. The van der Waals surface area contributed by atoms with Crippen molar-refractivity contribution in [1.82, 2.24) is 15.2 Å². The molecule has 1 aliphatic heterocycles. The number of allylic oxidation sites excluding steroid dienone is 8. The van der Waals surface area contributed by atoms with Crippen LogP contribution in [0.4, 0.5) is 0 Å². The van der Waals surface area contributed by atoms with Gasteiger partial charge < -0.3 is 5.32 Å². The fourth-order valence-corrected chi connectivity index (χ4v) is 12.0. The molecule has 2 N–H and O–H groups in total. The molecule has 0 bridgehead atoms. The van der Waals surface area contributed by atoms with Gasteiger partial charge in [0.25, 0.3) is 0 Å². The highest BCUT2D eigenvalue weighted by Crippen LogP contribution is 2.63. The highest BCUT2D eigenvalue weighted by atomic mass is 32.1. The maximum atomic E-state index is 5.65. The molecule has 6 unspecified atom stereocenters. The summed E-state index contributed by atoms with van der Waals surface area (Å²) in [5.74, 6) is 1.60. The van der Waals surface area contributed by atoms with Crippen molar-refractivity contribution in [3.8, 4) is 0 Å². The minimum absolute atomic E-state index is 0.203. The zero-order valence-corrected chi connectivity index (χ0v) is 32.1. The van der Waals surface area contributed by atoms with Gasteiger partial charge in [-0.05, 0) is 46.7 Å². The van der Waals surface area contributed by atoms with Crippen LogP contribution < -0.4 is 10.6 Å². The molecular weight excluding hydrogens is 713 g/mol. The quantitative estimate of drug-likeness (QED) is 0.188. The van der Waals surface area contributed by atoms with E-state index in [-0.39, 0.29) is 35.5 Å². The van der Waals surface area contributed by atoms with Gasteiger partial charge in [-0.25, -0.2) is 4.99 Å². The van der Waals surface area contributed by atoms with Crippen LogP contribution >= 0.6 is 11.3 Å². The lowest BCUT2D eigenvalue weighted by atomic mass is 9.58. The molecule has 8 aromatic rings. The van der Waals surface area contributed by atoms with E-state index in [2.05, 4.69) is 203 Å². The van der Waals surface area contributed by atoms with Crippen LogP contribution in [0.25, 0.3) is 42.0 Å². The first-order valence-electron chi connectivity index (χ1n) is 20.2. The molecule has 0 saturated heterocycles. The molecule has 6 atom stereocenters. The smallest absolute Gasteiger partial charge is 0.206 e. The molecule has 4 aliphatic rings. The molecule has 3 aliphatic carbocycles. The van der Waals surface area contributed by atoms with Crippen molar-refractivity contribution < 1.29 is 0 Å². The lowest BCUT2D eigenvalue weighted by Crippen LogP contribution is -2.47. The van der Waals surface area contributed by atoms with Gasteiger partial charge in [0, 0.05) is 53.8 Å². The van der Waals surface area contributed by atoms with Gasteiger partial charge >= 0.3 is 0 Å². The molecule has 3 heterocycles. The lowest BCUT2D eigenvalue weighted by molar-refractivity contribution is 0.302. The minimum Gasteiger partial charge on any atom is -0.336 e. The number of benzene rings is 6. The molecule has 12 rings (SSSR count). The van der Waals surface area contributed by atoms with Crippen molar-refractivity contribution in [2.24, 2.45) is 16.8 Å². The van der Waals surface area contributed by atoms with E-state index in [0.29, 0.717) is 0 Å². The van der Waals surface area contributed by atoms with Crippen molar-refractivity contribution in [2.75, 3.05) is 0 Å². The van der Waals surface area contributed by atoms with Gasteiger partial charge in [-0.1, -0.05) is 176 Å². The zero-order chi connectivity index (χ0) is 37.5. The Bertz CT molecular complexity index is 3040. The number of nitrogens with zero attached hydrogens (tertiary/aromatic N) is 2. The van der Waals surface area contributed by atoms with Crippen LogP contribution in [-0.4, -0.2) is 10.5 Å². The van der Waals surface area contributed by atoms with Crippen molar-refractivity contribution in [1.29, 1.82) is 0 Å². The Morgan fingerprint density at radius 2 is 1.39 bits per heavy atom. The molecule has 2 aromatic heterocycles. The number of rotatable bonds is 4. The van der Waals surface area contributed by atoms with Crippen molar-refractivity contribution >= 4 is 59.3 Å². The van der Waals surface area contributed by atoms with E-state index in [1.54, 1.807) is 0 Å². The van der Waals surface area contributed by atoms with Crippen LogP contribution in [0.2, 0.25) is 0 Å². The summed E-state index contributed by atoms with van der Waals surface area (Å²) in [6.45, 7) is 0. The van der Waals surface area contributed by atoms with Crippen LogP contribution in [0.15, 0.2) is 193 Å². The van der Waals surface area contributed by atoms with Crippen LogP contribution in [0.3, 0.4) is 0 Å². The molecule has 0 amide bonds. The largest absolute Gasteiger partial charge is 0.336 e. The van der Waals surface area contributed by atoms with Gasteiger partial charge in [0.05, 0.1) is 11.0 Å². The van der Waals surface area contributed by atoms with Gasteiger partial charge in [-0.2, -0.15) is 0 Å². The van der Waals surface area contributed by atoms with Crippen molar-refractivity contribution in [3.05, 3.63) is 216 Å². The molecular formula is C52H40N4S. The summed E-state index contributed by atoms with van der Waals surface area (Å²) >= 11 is 1.87. The van der Waals surface area contributed by atoms with Gasteiger partial charge in [0.1, 0.15) is 12.3 Å². The second-order valence-electron chi connectivity index (χ2n) is 15.8. The Morgan fingerprint density at radius 3 is 2.25 bits per heavy atom. The molecule has 0 fully saturated rings. The maximum Gasteiger partial charge on any atom is 0.206 e. The van der Waals surface area contributed by atoms with Gasteiger partial charge in [0.15, 0.2) is 0 Å². The normalized spacial score (nSPS) is 24.9. The summed E-state index contributed by atoms with van der Waals surface area (Å²) in [7, 11) is 0. The zero-order valence-electron chi connectivity index (χ0n) is 31.3. The number of aromatic nitrogens is 1. The van der Waals surface area contributed by atoms with E-state index in [9.17, 15) is 0 Å².